The maximum absolute atomic E-state index is 12.6. The minimum Gasteiger partial charge on any atom is -0.504 e. The van der Waals surface area contributed by atoms with Gasteiger partial charge < -0.3 is 10.2 Å². The third-order valence-electron chi connectivity index (χ3n) is 1.22. The summed E-state index contributed by atoms with van der Waals surface area (Å²) in [5, 5.41) is 25.7. The average Bonchev–Trinajstić information content (AvgIpc) is 2.01. The molecule has 0 aliphatic carbocycles. The smallest absolute Gasteiger partial charge is 0.195 e. The third kappa shape index (κ3) is 1.08. The number of phenolic OH excluding ortho intramolecular Hbond substituents is 2. The van der Waals surface area contributed by atoms with Crippen molar-refractivity contribution in [3.63, 3.8) is 0 Å². The highest BCUT2D eigenvalue weighted by Crippen LogP contribution is 2.28. The Morgan fingerprint density at radius 1 is 1.36 bits per heavy atom. The second-order valence-corrected chi connectivity index (χ2v) is 1.91. The van der Waals surface area contributed by atoms with Crippen molar-refractivity contribution >= 4 is 0 Å². The molecule has 0 aliphatic rings. The van der Waals surface area contributed by atoms with Gasteiger partial charge in [0.1, 0.15) is 6.07 Å². The van der Waals surface area contributed by atoms with Crippen LogP contribution in [0, 0.1) is 17.1 Å². The van der Waals surface area contributed by atoms with Crippen LogP contribution in [-0.2, 0) is 0 Å². The molecule has 3 nitrogen and oxygen atoms in total. The maximum Gasteiger partial charge on any atom is 0.195 e. The van der Waals surface area contributed by atoms with E-state index in [2.05, 4.69) is 0 Å². The van der Waals surface area contributed by atoms with Gasteiger partial charge in [-0.05, 0) is 12.1 Å². The van der Waals surface area contributed by atoms with Gasteiger partial charge in [-0.3, -0.25) is 0 Å². The van der Waals surface area contributed by atoms with Crippen LogP contribution in [0.2, 0.25) is 0 Å². The highest BCUT2D eigenvalue weighted by molar-refractivity contribution is 5.46. The molecule has 1 aromatic carbocycles. The van der Waals surface area contributed by atoms with Crippen LogP contribution in [0.4, 0.5) is 4.39 Å². The molecule has 0 spiro atoms. The summed E-state index contributed by atoms with van der Waals surface area (Å²) < 4.78 is 12.6. The Balaban J connectivity index is 3.40. The first-order valence-electron chi connectivity index (χ1n) is 2.77. The summed E-state index contributed by atoms with van der Waals surface area (Å²) in [4.78, 5) is 0. The van der Waals surface area contributed by atoms with E-state index in [-0.39, 0.29) is 5.56 Å². The van der Waals surface area contributed by atoms with Crippen molar-refractivity contribution < 1.29 is 14.6 Å². The first-order chi connectivity index (χ1) is 5.16. The molecule has 1 aromatic rings. The second kappa shape index (κ2) is 2.46. The van der Waals surface area contributed by atoms with Crippen LogP contribution in [0.5, 0.6) is 11.5 Å². The van der Waals surface area contributed by atoms with E-state index in [1.54, 1.807) is 0 Å². The fourth-order valence-corrected chi connectivity index (χ4v) is 0.641. The summed E-state index contributed by atoms with van der Waals surface area (Å²) in [6.07, 6.45) is 0. The predicted molar refractivity (Wildman–Crippen MR) is 34.4 cm³/mol. The zero-order valence-electron chi connectivity index (χ0n) is 5.37. The van der Waals surface area contributed by atoms with Crippen LogP contribution >= 0.6 is 0 Å². The molecule has 0 atom stereocenters. The average molecular weight is 153 g/mol. The van der Waals surface area contributed by atoms with Gasteiger partial charge in [-0.1, -0.05) is 0 Å². The third-order valence-corrected chi connectivity index (χ3v) is 1.22. The Kier molecular flexibility index (Phi) is 1.65. The number of hydrogen-bond acceptors (Lipinski definition) is 3. The van der Waals surface area contributed by atoms with Crippen LogP contribution < -0.4 is 0 Å². The largest absolute Gasteiger partial charge is 0.504 e. The molecule has 0 amide bonds. The van der Waals surface area contributed by atoms with E-state index in [1.165, 1.54) is 6.07 Å². The first-order valence-corrected chi connectivity index (χ1v) is 2.77. The molecule has 0 radical (unpaired) electrons. The number of phenols is 2. The van der Waals surface area contributed by atoms with E-state index >= 15 is 0 Å². The normalized spacial score (nSPS) is 9.09. The van der Waals surface area contributed by atoms with Gasteiger partial charge in [-0.25, -0.2) is 4.39 Å². The number of nitrogens with zero attached hydrogens (tertiary/aromatic N) is 1. The van der Waals surface area contributed by atoms with E-state index in [0.717, 1.165) is 12.1 Å². The van der Waals surface area contributed by atoms with Gasteiger partial charge in [-0.15, -0.1) is 0 Å². The molecule has 0 fully saturated rings. The Labute approximate surface area is 61.9 Å². The quantitative estimate of drug-likeness (QED) is 0.548. The molecule has 0 unspecified atom stereocenters. The lowest BCUT2D eigenvalue weighted by molar-refractivity contribution is 0.378. The van der Waals surface area contributed by atoms with Gasteiger partial charge >= 0.3 is 0 Å². The van der Waals surface area contributed by atoms with Crippen LogP contribution in [-0.4, -0.2) is 10.2 Å². The Morgan fingerprint density at radius 3 is 2.55 bits per heavy atom. The second-order valence-electron chi connectivity index (χ2n) is 1.91. The van der Waals surface area contributed by atoms with E-state index in [4.69, 9.17) is 15.5 Å². The number of nitriles is 1. The van der Waals surface area contributed by atoms with Gasteiger partial charge in [0.05, 0.1) is 5.56 Å². The first kappa shape index (κ1) is 7.35. The Bertz CT molecular complexity index is 330. The highest BCUT2D eigenvalue weighted by Gasteiger charge is 2.10. The summed E-state index contributed by atoms with van der Waals surface area (Å²) in [6, 6.07) is 3.66. The van der Waals surface area contributed by atoms with Crippen LogP contribution in [0.1, 0.15) is 5.56 Å². The molecule has 56 valence electrons. The minimum atomic E-state index is -1.09. The maximum atomic E-state index is 12.6. The highest BCUT2D eigenvalue weighted by atomic mass is 19.1. The lowest BCUT2D eigenvalue weighted by Crippen LogP contribution is -1.83. The molecule has 0 bridgehead atoms. The molecule has 0 heterocycles. The summed E-state index contributed by atoms with van der Waals surface area (Å²) in [5.74, 6) is -2.54. The van der Waals surface area contributed by atoms with Gasteiger partial charge in [0.15, 0.2) is 17.3 Å². The standard InChI is InChI=1S/C7H4FNO2/c8-6-4(3-9)1-2-5(10)7(6)11/h1-2,10-11H. The molecule has 0 aromatic heterocycles. The van der Waals surface area contributed by atoms with E-state index in [0.29, 0.717) is 0 Å². The molecule has 0 saturated carbocycles. The van der Waals surface area contributed by atoms with Crippen molar-refractivity contribution in [2.75, 3.05) is 0 Å². The van der Waals surface area contributed by atoms with Gasteiger partial charge in [0.2, 0.25) is 0 Å². The summed E-state index contributed by atoms with van der Waals surface area (Å²) in [5.41, 5.74) is -0.291. The topological polar surface area (TPSA) is 64.2 Å². The summed E-state index contributed by atoms with van der Waals surface area (Å²) in [6.45, 7) is 0. The van der Waals surface area contributed by atoms with Crippen molar-refractivity contribution in [2.24, 2.45) is 0 Å². The number of hydrogen-bond donors (Lipinski definition) is 2. The molecule has 1 rings (SSSR count). The zero-order chi connectivity index (χ0) is 8.43. The lowest BCUT2D eigenvalue weighted by Gasteiger charge is -1.98. The van der Waals surface area contributed by atoms with Gasteiger partial charge in [-0.2, -0.15) is 5.26 Å². The molecule has 11 heavy (non-hydrogen) atoms. The van der Waals surface area contributed by atoms with Crippen molar-refractivity contribution in [3.05, 3.63) is 23.5 Å². The number of benzene rings is 1. The minimum absolute atomic E-state index is 0.291. The molecule has 2 N–H and O–H groups in total. The molecule has 0 saturated heterocycles. The Morgan fingerprint density at radius 2 is 2.00 bits per heavy atom. The summed E-state index contributed by atoms with van der Waals surface area (Å²) in [7, 11) is 0. The Hall–Kier alpha value is -1.76. The fraction of sp³-hybridized carbons (Fsp3) is 0. The lowest BCUT2D eigenvalue weighted by atomic mass is 10.2. The van der Waals surface area contributed by atoms with Crippen LogP contribution in [0.25, 0.3) is 0 Å². The van der Waals surface area contributed by atoms with Gasteiger partial charge in [0, 0.05) is 0 Å². The van der Waals surface area contributed by atoms with Crippen molar-refractivity contribution in [1.29, 1.82) is 5.26 Å². The predicted octanol–water partition coefficient (Wildman–Crippen LogP) is 1.11. The van der Waals surface area contributed by atoms with E-state index < -0.39 is 17.3 Å². The van der Waals surface area contributed by atoms with Crippen LogP contribution in [0.15, 0.2) is 12.1 Å². The van der Waals surface area contributed by atoms with Crippen molar-refractivity contribution in [2.45, 2.75) is 0 Å². The number of aromatic hydroxyl groups is 2. The number of rotatable bonds is 0. The van der Waals surface area contributed by atoms with Gasteiger partial charge in [0.25, 0.3) is 0 Å². The van der Waals surface area contributed by atoms with Crippen molar-refractivity contribution in [1.82, 2.24) is 0 Å². The van der Waals surface area contributed by atoms with Crippen molar-refractivity contribution in [3.8, 4) is 17.6 Å². The molecular formula is C7H4FNO2. The van der Waals surface area contributed by atoms with E-state index in [1.807, 2.05) is 0 Å². The SMILES string of the molecule is N#Cc1ccc(O)c(O)c1F. The molecular weight excluding hydrogens is 149 g/mol. The fourth-order valence-electron chi connectivity index (χ4n) is 0.641. The monoisotopic (exact) mass is 153 g/mol. The summed E-state index contributed by atoms with van der Waals surface area (Å²) >= 11 is 0. The molecule has 4 heteroatoms. The zero-order valence-corrected chi connectivity index (χ0v) is 5.37. The van der Waals surface area contributed by atoms with Crippen LogP contribution in [0.3, 0.4) is 0 Å². The van der Waals surface area contributed by atoms with E-state index in [9.17, 15) is 4.39 Å². The molecule has 0 aliphatic heterocycles. The number of halogens is 1.